The van der Waals surface area contributed by atoms with Gasteiger partial charge in [-0.15, -0.1) is 0 Å². The van der Waals surface area contributed by atoms with E-state index >= 15 is 4.39 Å². The highest BCUT2D eigenvalue weighted by molar-refractivity contribution is 5.72. The standard InChI is InChI=1S/C30H34FN2/c1-19(2)25-16-24(23-11-9-8-10-12-23)17-26(20(3)4)30(25)33-28(31)15-22(6)29(33)27-14-13-21(5)18-32(27)7/h8-20H,1-7H3/q+1. The number of halogens is 1. The van der Waals surface area contributed by atoms with Crippen molar-refractivity contribution in [3.05, 3.63) is 95.1 Å². The first-order valence-electron chi connectivity index (χ1n) is 11.8. The highest BCUT2D eigenvalue weighted by Crippen LogP contribution is 2.39. The van der Waals surface area contributed by atoms with Crippen molar-refractivity contribution in [3.8, 4) is 28.2 Å². The fourth-order valence-electron chi connectivity index (χ4n) is 4.74. The smallest absolute Gasteiger partial charge is 0.229 e. The molecule has 3 heteroatoms. The van der Waals surface area contributed by atoms with E-state index in [9.17, 15) is 0 Å². The molecule has 0 amide bonds. The Hall–Kier alpha value is -3.20. The van der Waals surface area contributed by atoms with Gasteiger partial charge in [0.1, 0.15) is 12.7 Å². The maximum Gasteiger partial charge on any atom is 0.229 e. The van der Waals surface area contributed by atoms with E-state index in [-0.39, 0.29) is 17.8 Å². The first kappa shape index (κ1) is 23.0. The van der Waals surface area contributed by atoms with Gasteiger partial charge in [0.05, 0.1) is 5.69 Å². The Labute approximate surface area is 197 Å². The van der Waals surface area contributed by atoms with Crippen molar-refractivity contribution in [2.45, 2.75) is 53.4 Å². The van der Waals surface area contributed by atoms with Crippen LogP contribution in [-0.4, -0.2) is 4.57 Å². The summed E-state index contributed by atoms with van der Waals surface area (Å²) < 4.78 is 19.7. The molecule has 2 nitrogen and oxygen atoms in total. The van der Waals surface area contributed by atoms with Gasteiger partial charge in [-0.05, 0) is 77.8 Å². The van der Waals surface area contributed by atoms with E-state index in [0.717, 1.165) is 33.8 Å². The predicted molar refractivity (Wildman–Crippen MR) is 135 cm³/mol. The molecule has 0 unspecified atom stereocenters. The topological polar surface area (TPSA) is 8.81 Å². The third-order valence-electron chi connectivity index (χ3n) is 6.41. The van der Waals surface area contributed by atoms with Gasteiger partial charge in [0.2, 0.25) is 5.69 Å². The van der Waals surface area contributed by atoms with Gasteiger partial charge in [0.25, 0.3) is 0 Å². The highest BCUT2D eigenvalue weighted by Gasteiger charge is 2.27. The van der Waals surface area contributed by atoms with Gasteiger partial charge in [-0.3, -0.25) is 4.57 Å². The van der Waals surface area contributed by atoms with Gasteiger partial charge in [0, 0.05) is 11.6 Å². The van der Waals surface area contributed by atoms with E-state index in [1.807, 2.05) is 24.6 Å². The fourth-order valence-corrected chi connectivity index (χ4v) is 4.74. The van der Waals surface area contributed by atoms with Crippen LogP contribution in [0.1, 0.15) is 61.8 Å². The molecular weight excluding hydrogens is 407 g/mol. The number of pyridine rings is 1. The van der Waals surface area contributed by atoms with Crippen LogP contribution in [0.4, 0.5) is 4.39 Å². The van der Waals surface area contributed by atoms with Crippen LogP contribution in [0, 0.1) is 19.8 Å². The van der Waals surface area contributed by atoms with Crippen molar-refractivity contribution in [1.82, 2.24) is 4.57 Å². The Kier molecular flexibility index (Phi) is 6.25. The molecule has 0 aliphatic rings. The van der Waals surface area contributed by atoms with Gasteiger partial charge in [-0.1, -0.05) is 58.0 Å². The normalized spacial score (nSPS) is 11.6. The van der Waals surface area contributed by atoms with Crippen molar-refractivity contribution in [2.75, 3.05) is 0 Å². The molecule has 0 bridgehead atoms. The van der Waals surface area contributed by atoms with E-state index in [4.69, 9.17) is 0 Å². The number of rotatable bonds is 5. The Morgan fingerprint density at radius 2 is 1.39 bits per heavy atom. The Balaban J connectivity index is 2.08. The van der Waals surface area contributed by atoms with Gasteiger partial charge in [-0.25, -0.2) is 0 Å². The van der Waals surface area contributed by atoms with Crippen molar-refractivity contribution in [3.63, 3.8) is 0 Å². The molecule has 0 spiro atoms. The first-order valence-corrected chi connectivity index (χ1v) is 11.8. The molecule has 33 heavy (non-hydrogen) atoms. The molecule has 2 aromatic carbocycles. The summed E-state index contributed by atoms with van der Waals surface area (Å²) in [7, 11) is 2.03. The lowest BCUT2D eigenvalue weighted by Gasteiger charge is -2.24. The van der Waals surface area contributed by atoms with Crippen LogP contribution in [0.2, 0.25) is 0 Å². The quantitative estimate of drug-likeness (QED) is 0.281. The molecule has 2 aromatic heterocycles. The monoisotopic (exact) mass is 441 g/mol. The van der Waals surface area contributed by atoms with Crippen molar-refractivity contribution in [1.29, 1.82) is 0 Å². The minimum absolute atomic E-state index is 0.223. The lowest BCUT2D eigenvalue weighted by molar-refractivity contribution is -0.661. The molecule has 0 radical (unpaired) electrons. The van der Waals surface area contributed by atoms with E-state index in [1.165, 1.54) is 16.7 Å². The van der Waals surface area contributed by atoms with E-state index < -0.39 is 0 Å². The van der Waals surface area contributed by atoms with E-state index in [1.54, 1.807) is 6.07 Å². The number of nitrogens with zero attached hydrogens (tertiary/aromatic N) is 2. The average Bonchev–Trinajstić information content (AvgIpc) is 3.06. The summed E-state index contributed by atoms with van der Waals surface area (Å²) >= 11 is 0. The summed E-state index contributed by atoms with van der Waals surface area (Å²) in [6.45, 7) is 12.8. The molecule has 0 saturated heterocycles. The number of hydrogen-bond acceptors (Lipinski definition) is 0. The summed E-state index contributed by atoms with van der Waals surface area (Å²) in [4.78, 5) is 0. The second-order valence-electron chi connectivity index (χ2n) is 9.72. The van der Waals surface area contributed by atoms with Crippen LogP contribution in [0.3, 0.4) is 0 Å². The molecule has 0 aliphatic carbocycles. The van der Waals surface area contributed by atoms with Gasteiger partial charge < -0.3 is 0 Å². The third kappa shape index (κ3) is 4.25. The molecule has 2 heterocycles. The molecule has 0 atom stereocenters. The van der Waals surface area contributed by atoms with Crippen molar-refractivity contribution in [2.24, 2.45) is 7.05 Å². The minimum atomic E-state index is -0.223. The fraction of sp³-hybridized carbons (Fsp3) is 0.300. The SMILES string of the molecule is Cc1ccc(-c2c(C)cc(F)n2-c2c(C(C)C)cc(-c3ccccc3)cc2C(C)C)[n+](C)c1. The van der Waals surface area contributed by atoms with Crippen molar-refractivity contribution < 1.29 is 8.96 Å². The largest absolute Gasteiger partial charge is 0.280 e. The van der Waals surface area contributed by atoms with Crippen LogP contribution >= 0.6 is 0 Å². The van der Waals surface area contributed by atoms with Crippen molar-refractivity contribution >= 4 is 0 Å². The average molecular weight is 442 g/mol. The van der Waals surface area contributed by atoms with Crippen LogP contribution < -0.4 is 4.57 Å². The summed E-state index contributed by atoms with van der Waals surface area (Å²) in [6, 6.07) is 20.8. The number of aryl methyl sites for hydroxylation is 3. The lowest BCUT2D eigenvalue weighted by Crippen LogP contribution is -2.32. The number of hydrogen-bond donors (Lipinski definition) is 0. The first-order chi connectivity index (χ1) is 15.7. The number of benzene rings is 2. The highest BCUT2D eigenvalue weighted by atomic mass is 19.1. The summed E-state index contributed by atoms with van der Waals surface area (Å²) in [5.41, 5.74) is 9.67. The predicted octanol–water partition coefficient (Wildman–Crippen LogP) is 7.64. The zero-order valence-electron chi connectivity index (χ0n) is 20.8. The third-order valence-corrected chi connectivity index (χ3v) is 6.41. The van der Waals surface area contributed by atoms with E-state index in [2.05, 4.69) is 93.9 Å². The molecule has 4 aromatic rings. The second kappa shape index (κ2) is 8.97. The zero-order valence-corrected chi connectivity index (χ0v) is 20.8. The van der Waals surface area contributed by atoms with E-state index in [0.29, 0.717) is 0 Å². The number of aromatic nitrogens is 2. The second-order valence-corrected chi connectivity index (χ2v) is 9.72. The van der Waals surface area contributed by atoms with Crippen LogP contribution in [0.5, 0.6) is 0 Å². The molecular formula is C30H34FN2+. The molecule has 170 valence electrons. The van der Waals surface area contributed by atoms with Gasteiger partial charge in [-0.2, -0.15) is 8.96 Å². The molecule has 0 fully saturated rings. The summed E-state index contributed by atoms with van der Waals surface area (Å²) in [6.07, 6.45) is 2.09. The summed E-state index contributed by atoms with van der Waals surface area (Å²) in [5, 5.41) is 0. The van der Waals surface area contributed by atoms with Crippen LogP contribution in [0.25, 0.3) is 28.2 Å². The van der Waals surface area contributed by atoms with Gasteiger partial charge >= 0.3 is 0 Å². The maximum absolute atomic E-state index is 15.7. The lowest BCUT2D eigenvalue weighted by atomic mass is 9.88. The van der Waals surface area contributed by atoms with Crippen LogP contribution in [-0.2, 0) is 7.05 Å². The molecule has 4 rings (SSSR count). The summed E-state index contributed by atoms with van der Waals surface area (Å²) in [5.74, 6) is 0.255. The molecule has 0 aliphatic heterocycles. The minimum Gasteiger partial charge on any atom is -0.280 e. The Bertz CT molecular complexity index is 1270. The molecule has 0 saturated carbocycles. The Morgan fingerprint density at radius 3 is 1.94 bits per heavy atom. The maximum atomic E-state index is 15.7. The Morgan fingerprint density at radius 1 is 0.788 bits per heavy atom. The zero-order chi connectivity index (χ0) is 23.9. The molecule has 0 N–H and O–H groups in total. The van der Waals surface area contributed by atoms with Gasteiger partial charge in [0.15, 0.2) is 12.1 Å². The van der Waals surface area contributed by atoms with Crippen LogP contribution in [0.15, 0.2) is 66.9 Å².